The predicted octanol–water partition coefficient (Wildman–Crippen LogP) is 3.13. The second-order valence-electron chi connectivity index (χ2n) is 4.77. The molecule has 0 atom stereocenters. The van der Waals surface area contributed by atoms with Crippen LogP contribution in [-0.4, -0.2) is 37.7 Å². The average Bonchev–Trinajstić information content (AvgIpc) is 2.49. The first kappa shape index (κ1) is 13.7. The maximum atomic E-state index is 12.5. The van der Waals surface area contributed by atoms with Crippen molar-refractivity contribution in [1.82, 2.24) is 4.90 Å². The number of likely N-dealkylation sites (tertiary alicyclic amines) is 1. The molecule has 0 unspecified atom stereocenters. The molecule has 1 aliphatic heterocycles. The first-order valence-electron chi connectivity index (χ1n) is 6.96. The summed E-state index contributed by atoms with van der Waals surface area (Å²) in [4.78, 5) is 16.3. The molecule has 1 aliphatic rings. The molecule has 0 saturated carbocycles. The van der Waals surface area contributed by atoms with Gasteiger partial charge in [-0.15, -0.1) is 0 Å². The van der Waals surface area contributed by atoms with Gasteiger partial charge < -0.3 is 9.64 Å². The molecule has 0 radical (unpaired) electrons. The number of nitrogens with zero attached hydrogens (tertiary/aromatic N) is 2. The van der Waals surface area contributed by atoms with E-state index in [0.717, 1.165) is 37.4 Å². The average molecular weight is 262 g/mol. The first-order valence-corrected chi connectivity index (χ1v) is 6.96. The second-order valence-corrected chi connectivity index (χ2v) is 4.77. The predicted molar refractivity (Wildman–Crippen MR) is 76.8 cm³/mol. The van der Waals surface area contributed by atoms with E-state index in [-0.39, 0.29) is 6.03 Å². The van der Waals surface area contributed by atoms with E-state index in [1.54, 1.807) is 7.11 Å². The summed E-state index contributed by atoms with van der Waals surface area (Å²) in [6, 6.07) is 7.77. The molecule has 19 heavy (non-hydrogen) atoms. The summed E-state index contributed by atoms with van der Waals surface area (Å²) in [6.07, 6.45) is 3.47. The van der Waals surface area contributed by atoms with Crippen molar-refractivity contribution in [3.8, 4) is 5.75 Å². The Morgan fingerprint density at radius 1 is 1.21 bits per heavy atom. The Hall–Kier alpha value is -1.71. The van der Waals surface area contributed by atoms with Crippen LogP contribution in [0, 0.1) is 0 Å². The number of carbonyl (C=O) groups excluding carboxylic acids is 1. The molecule has 0 N–H and O–H groups in total. The lowest BCUT2D eigenvalue weighted by atomic mass is 10.1. The fourth-order valence-electron chi connectivity index (χ4n) is 2.45. The number of amides is 2. The van der Waals surface area contributed by atoms with E-state index < -0.39 is 0 Å². The van der Waals surface area contributed by atoms with Crippen molar-refractivity contribution in [2.45, 2.75) is 26.2 Å². The van der Waals surface area contributed by atoms with Crippen molar-refractivity contribution in [3.63, 3.8) is 0 Å². The smallest absolute Gasteiger partial charge is 0.324 e. The number of hydrogen-bond acceptors (Lipinski definition) is 2. The molecule has 1 fully saturated rings. The highest BCUT2D eigenvalue weighted by atomic mass is 16.5. The lowest BCUT2D eigenvalue weighted by Crippen LogP contribution is -2.45. The molecule has 4 nitrogen and oxygen atoms in total. The van der Waals surface area contributed by atoms with Gasteiger partial charge in [-0.2, -0.15) is 0 Å². The topological polar surface area (TPSA) is 32.8 Å². The Morgan fingerprint density at radius 2 is 1.84 bits per heavy atom. The van der Waals surface area contributed by atoms with E-state index in [1.807, 2.05) is 41.0 Å². The Bertz CT molecular complexity index is 411. The standard InChI is InChI=1S/C15H22N2O2/c1-3-17(13-7-9-14(19-2)10-8-13)15(18)16-11-5-4-6-12-16/h7-10H,3-6,11-12H2,1-2H3. The summed E-state index contributed by atoms with van der Waals surface area (Å²) >= 11 is 0. The van der Waals surface area contributed by atoms with E-state index in [1.165, 1.54) is 6.42 Å². The van der Waals surface area contributed by atoms with Crippen molar-refractivity contribution in [1.29, 1.82) is 0 Å². The summed E-state index contributed by atoms with van der Waals surface area (Å²) in [5, 5.41) is 0. The van der Waals surface area contributed by atoms with Crippen LogP contribution >= 0.6 is 0 Å². The molecule has 0 aliphatic carbocycles. The Balaban J connectivity index is 2.11. The minimum atomic E-state index is 0.118. The number of carbonyl (C=O) groups is 1. The second kappa shape index (κ2) is 6.45. The van der Waals surface area contributed by atoms with Crippen LogP contribution in [0.4, 0.5) is 10.5 Å². The van der Waals surface area contributed by atoms with E-state index in [9.17, 15) is 4.79 Å². The van der Waals surface area contributed by atoms with Crippen molar-refractivity contribution in [3.05, 3.63) is 24.3 Å². The summed E-state index contributed by atoms with van der Waals surface area (Å²) in [6.45, 7) is 4.45. The normalized spacial score (nSPS) is 15.2. The summed E-state index contributed by atoms with van der Waals surface area (Å²) in [5.41, 5.74) is 0.930. The Morgan fingerprint density at radius 3 is 2.37 bits per heavy atom. The van der Waals surface area contributed by atoms with Gasteiger partial charge in [-0.25, -0.2) is 4.79 Å². The third-order valence-electron chi connectivity index (χ3n) is 3.56. The quantitative estimate of drug-likeness (QED) is 0.838. The number of methoxy groups -OCH3 is 1. The van der Waals surface area contributed by atoms with Crippen LogP contribution in [0.15, 0.2) is 24.3 Å². The molecular weight excluding hydrogens is 240 g/mol. The number of rotatable bonds is 3. The van der Waals surface area contributed by atoms with Crippen LogP contribution in [0.25, 0.3) is 0 Å². The highest BCUT2D eigenvalue weighted by molar-refractivity contribution is 5.92. The molecule has 4 heteroatoms. The zero-order chi connectivity index (χ0) is 13.7. The maximum Gasteiger partial charge on any atom is 0.324 e. The van der Waals surface area contributed by atoms with E-state index in [4.69, 9.17) is 4.74 Å². The third-order valence-corrected chi connectivity index (χ3v) is 3.56. The molecule has 1 aromatic carbocycles. The molecular formula is C15H22N2O2. The maximum absolute atomic E-state index is 12.5. The van der Waals surface area contributed by atoms with Crippen molar-refractivity contribution < 1.29 is 9.53 Å². The molecule has 0 spiro atoms. The monoisotopic (exact) mass is 262 g/mol. The molecule has 0 aromatic heterocycles. The number of piperidine rings is 1. The largest absolute Gasteiger partial charge is 0.497 e. The van der Waals surface area contributed by atoms with Crippen molar-refractivity contribution >= 4 is 11.7 Å². The van der Waals surface area contributed by atoms with Gasteiger partial charge in [0.25, 0.3) is 0 Å². The minimum absolute atomic E-state index is 0.118. The molecule has 0 bridgehead atoms. The van der Waals surface area contributed by atoms with Crippen LogP contribution in [0.5, 0.6) is 5.75 Å². The zero-order valence-electron chi connectivity index (χ0n) is 11.8. The van der Waals surface area contributed by atoms with Gasteiger partial charge in [0.1, 0.15) is 5.75 Å². The summed E-state index contributed by atoms with van der Waals surface area (Å²) < 4.78 is 5.15. The fraction of sp³-hybridized carbons (Fsp3) is 0.533. The molecule has 1 saturated heterocycles. The minimum Gasteiger partial charge on any atom is -0.497 e. The van der Waals surface area contributed by atoms with Crippen LogP contribution < -0.4 is 9.64 Å². The Labute approximate surface area is 115 Å². The fourth-order valence-corrected chi connectivity index (χ4v) is 2.45. The number of hydrogen-bond donors (Lipinski definition) is 0. The molecule has 1 heterocycles. The van der Waals surface area contributed by atoms with E-state index in [0.29, 0.717) is 6.54 Å². The SMILES string of the molecule is CCN(C(=O)N1CCCCC1)c1ccc(OC)cc1. The van der Waals surface area contributed by atoms with Gasteiger partial charge in [0.05, 0.1) is 7.11 Å². The van der Waals surface area contributed by atoms with Crippen LogP contribution in [-0.2, 0) is 0 Å². The van der Waals surface area contributed by atoms with Crippen LogP contribution in [0.2, 0.25) is 0 Å². The Kier molecular flexibility index (Phi) is 4.66. The van der Waals surface area contributed by atoms with Gasteiger partial charge in [0.2, 0.25) is 0 Å². The van der Waals surface area contributed by atoms with Gasteiger partial charge in [-0.3, -0.25) is 4.90 Å². The number of benzene rings is 1. The summed E-state index contributed by atoms with van der Waals surface area (Å²) in [7, 11) is 1.64. The van der Waals surface area contributed by atoms with Gasteiger partial charge in [-0.05, 0) is 50.5 Å². The zero-order valence-corrected chi connectivity index (χ0v) is 11.8. The number of ether oxygens (including phenoxy) is 1. The van der Waals surface area contributed by atoms with Gasteiger partial charge >= 0.3 is 6.03 Å². The molecule has 2 rings (SSSR count). The van der Waals surface area contributed by atoms with Crippen LogP contribution in [0.3, 0.4) is 0 Å². The lowest BCUT2D eigenvalue weighted by Gasteiger charge is -2.32. The first-order chi connectivity index (χ1) is 9.26. The van der Waals surface area contributed by atoms with Gasteiger partial charge in [-0.1, -0.05) is 0 Å². The summed E-state index contributed by atoms with van der Waals surface area (Å²) in [5.74, 6) is 0.810. The third kappa shape index (κ3) is 3.19. The van der Waals surface area contributed by atoms with Crippen molar-refractivity contribution in [2.24, 2.45) is 0 Å². The van der Waals surface area contributed by atoms with E-state index in [2.05, 4.69) is 0 Å². The number of urea groups is 1. The van der Waals surface area contributed by atoms with Crippen LogP contribution in [0.1, 0.15) is 26.2 Å². The highest BCUT2D eigenvalue weighted by Crippen LogP contribution is 2.21. The molecule has 2 amide bonds. The highest BCUT2D eigenvalue weighted by Gasteiger charge is 2.22. The van der Waals surface area contributed by atoms with E-state index >= 15 is 0 Å². The lowest BCUT2D eigenvalue weighted by molar-refractivity contribution is 0.193. The van der Waals surface area contributed by atoms with Crippen molar-refractivity contribution in [2.75, 3.05) is 31.6 Å². The molecule has 104 valence electrons. The van der Waals surface area contributed by atoms with Gasteiger partial charge in [0, 0.05) is 25.3 Å². The molecule has 1 aromatic rings. The van der Waals surface area contributed by atoms with Gasteiger partial charge in [0.15, 0.2) is 0 Å². The number of anilines is 1.